The molecule has 3 N–H and O–H groups in total. The molecule has 0 saturated heterocycles. The standard InChI is InChI=1S/C11H16N2O2/c1-3-13-9-7-5-6-8(10(9)12)11(14)15-4-2/h5-7,13H,3-4,12H2,1-2H3. The normalized spacial score (nSPS) is 9.73. The zero-order valence-electron chi connectivity index (χ0n) is 9.04. The summed E-state index contributed by atoms with van der Waals surface area (Å²) in [6.45, 7) is 4.85. The van der Waals surface area contributed by atoms with Gasteiger partial charge < -0.3 is 15.8 Å². The molecule has 0 fully saturated rings. The summed E-state index contributed by atoms with van der Waals surface area (Å²) in [5.74, 6) is -0.380. The Kier molecular flexibility index (Phi) is 3.97. The van der Waals surface area contributed by atoms with Crippen molar-refractivity contribution in [1.82, 2.24) is 0 Å². The molecule has 0 amide bonds. The number of carbonyl (C=O) groups is 1. The zero-order chi connectivity index (χ0) is 11.3. The number of esters is 1. The zero-order valence-corrected chi connectivity index (χ0v) is 9.04. The Balaban J connectivity index is 2.98. The second-order valence-electron chi connectivity index (χ2n) is 3.02. The topological polar surface area (TPSA) is 64.3 Å². The number of ether oxygens (including phenoxy) is 1. The lowest BCUT2D eigenvalue weighted by atomic mass is 10.1. The SMILES string of the molecule is CCNc1cccc(C(=O)OCC)c1N. The van der Waals surface area contributed by atoms with E-state index in [0.717, 1.165) is 12.2 Å². The highest BCUT2D eigenvalue weighted by Crippen LogP contribution is 2.23. The average Bonchev–Trinajstić information content (AvgIpc) is 2.22. The van der Waals surface area contributed by atoms with Gasteiger partial charge in [0.1, 0.15) is 0 Å². The number of benzene rings is 1. The minimum atomic E-state index is -0.380. The second kappa shape index (κ2) is 5.24. The van der Waals surface area contributed by atoms with Gasteiger partial charge >= 0.3 is 5.97 Å². The van der Waals surface area contributed by atoms with E-state index in [1.165, 1.54) is 0 Å². The van der Waals surface area contributed by atoms with Gasteiger partial charge in [-0.2, -0.15) is 0 Å². The Hall–Kier alpha value is -1.71. The van der Waals surface area contributed by atoms with Crippen LogP contribution in [0.4, 0.5) is 11.4 Å². The van der Waals surface area contributed by atoms with Crippen LogP contribution < -0.4 is 11.1 Å². The molecule has 0 heterocycles. The van der Waals surface area contributed by atoms with E-state index in [9.17, 15) is 4.79 Å². The Morgan fingerprint density at radius 2 is 2.20 bits per heavy atom. The molecular formula is C11H16N2O2. The van der Waals surface area contributed by atoms with Gasteiger partial charge in [0.2, 0.25) is 0 Å². The molecular weight excluding hydrogens is 192 g/mol. The third kappa shape index (κ3) is 2.62. The Morgan fingerprint density at radius 1 is 1.47 bits per heavy atom. The molecule has 1 aromatic carbocycles. The maximum Gasteiger partial charge on any atom is 0.340 e. The summed E-state index contributed by atoms with van der Waals surface area (Å²) < 4.78 is 4.90. The Bertz CT molecular complexity index is 350. The van der Waals surface area contributed by atoms with Crippen LogP contribution in [0.2, 0.25) is 0 Å². The number of carbonyl (C=O) groups excluding carboxylic acids is 1. The van der Waals surface area contributed by atoms with E-state index in [-0.39, 0.29) is 5.97 Å². The molecule has 0 aliphatic rings. The predicted octanol–water partition coefficient (Wildman–Crippen LogP) is 1.88. The van der Waals surface area contributed by atoms with E-state index in [4.69, 9.17) is 10.5 Å². The summed E-state index contributed by atoms with van der Waals surface area (Å²) in [5.41, 5.74) is 7.46. The van der Waals surface area contributed by atoms with Crippen LogP contribution in [0.15, 0.2) is 18.2 Å². The fourth-order valence-corrected chi connectivity index (χ4v) is 1.30. The molecule has 1 aromatic rings. The first-order valence-corrected chi connectivity index (χ1v) is 5.00. The van der Waals surface area contributed by atoms with Crippen LogP contribution in [0.25, 0.3) is 0 Å². The van der Waals surface area contributed by atoms with Crippen molar-refractivity contribution in [2.75, 3.05) is 24.2 Å². The molecule has 82 valence electrons. The number of nitrogens with one attached hydrogen (secondary N) is 1. The fraction of sp³-hybridized carbons (Fsp3) is 0.364. The first-order chi connectivity index (χ1) is 7.20. The molecule has 0 radical (unpaired) electrons. The monoisotopic (exact) mass is 208 g/mol. The van der Waals surface area contributed by atoms with Crippen molar-refractivity contribution >= 4 is 17.3 Å². The predicted molar refractivity (Wildman–Crippen MR) is 61.0 cm³/mol. The third-order valence-corrected chi connectivity index (χ3v) is 1.97. The van der Waals surface area contributed by atoms with Crippen LogP contribution in [0.1, 0.15) is 24.2 Å². The molecule has 0 aliphatic heterocycles. The molecule has 1 rings (SSSR count). The van der Waals surface area contributed by atoms with Gasteiger partial charge in [-0.3, -0.25) is 0 Å². The van der Waals surface area contributed by atoms with E-state index in [0.29, 0.717) is 17.9 Å². The molecule has 0 saturated carbocycles. The summed E-state index contributed by atoms with van der Waals surface area (Å²) in [5, 5.41) is 3.08. The van der Waals surface area contributed by atoms with Gasteiger partial charge in [0.05, 0.1) is 23.5 Å². The van der Waals surface area contributed by atoms with Crippen molar-refractivity contribution in [3.8, 4) is 0 Å². The molecule has 4 nitrogen and oxygen atoms in total. The summed E-state index contributed by atoms with van der Waals surface area (Å²) >= 11 is 0. The maximum atomic E-state index is 11.5. The number of para-hydroxylation sites is 1. The fourth-order valence-electron chi connectivity index (χ4n) is 1.30. The van der Waals surface area contributed by atoms with Crippen molar-refractivity contribution in [2.45, 2.75) is 13.8 Å². The number of rotatable bonds is 4. The van der Waals surface area contributed by atoms with Crippen molar-refractivity contribution in [1.29, 1.82) is 0 Å². The van der Waals surface area contributed by atoms with Crippen LogP contribution in [0.5, 0.6) is 0 Å². The van der Waals surface area contributed by atoms with Gasteiger partial charge in [0.25, 0.3) is 0 Å². The number of hydrogen-bond donors (Lipinski definition) is 2. The quantitative estimate of drug-likeness (QED) is 0.585. The number of anilines is 2. The van der Waals surface area contributed by atoms with Gasteiger partial charge in [-0.25, -0.2) is 4.79 Å². The van der Waals surface area contributed by atoms with Crippen LogP contribution >= 0.6 is 0 Å². The van der Waals surface area contributed by atoms with Crippen LogP contribution in [-0.4, -0.2) is 19.1 Å². The lowest BCUT2D eigenvalue weighted by Gasteiger charge is -2.10. The lowest BCUT2D eigenvalue weighted by molar-refractivity contribution is 0.0527. The molecule has 0 spiro atoms. The summed E-state index contributed by atoms with van der Waals surface area (Å²) in [4.78, 5) is 11.5. The molecule has 15 heavy (non-hydrogen) atoms. The maximum absolute atomic E-state index is 11.5. The smallest absolute Gasteiger partial charge is 0.340 e. The highest BCUT2D eigenvalue weighted by atomic mass is 16.5. The van der Waals surface area contributed by atoms with E-state index in [1.54, 1.807) is 19.1 Å². The van der Waals surface area contributed by atoms with Crippen molar-refractivity contribution in [3.63, 3.8) is 0 Å². The summed E-state index contributed by atoms with van der Waals surface area (Å²) in [7, 11) is 0. The Morgan fingerprint density at radius 3 is 2.80 bits per heavy atom. The van der Waals surface area contributed by atoms with Gasteiger partial charge in [0, 0.05) is 6.54 Å². The van der Waals surface area contributed by atoms with Crippen molar-refractivity contribution in [3.05, 3.63) is 23.8 Å². The summed E-state index contributed by atoms with van der Waals surface area (Å²) in [6, 6.07) is 5.27. The van der Waals surface area contributed by atoms with Gasteiger partial charge in [-0.15, -0.1) is 0 Å². The molecule has 0 atom stereocenters. The highest BCUT2D eigenvalue weighted by molar-refractivity contribution is 5.98. The minimum Gasteiger partial charge on any atom is -0.462 e. The van der Waals surface area contributed by atoms with E-state index in [1.807, 2.05) is 13.0 Å². The van der Waals surface area contributed by atoms with Gasteiger partial charge in [-0.1, -0.05) is 6.07 Å². The van der Waals surface area contributed by atoms with Crippen molar-refractivity contribution in [2.24, 2.45) is 0 Å². The first-order valence-electron chi connectivity index (χ1n) is 5.00. The van der Waals surface area contributed by atoms with Crippen LogP contribution in [0.3, 0.4) is 0 Å². The third-order valence-electron chi connectivity index (χ3n) is 1.97. The molecule has 0 aliphatic carbocycles. The number of hydrogen-bond acceptors (Lipinski definition) is 4. The highest BCUT2D eigenvalue weighted by Gasteiger charge is 2.12. The van der Waals surface area contributed by atoms with Gasteiger partial charge in [-0.05, 0) is 26.0 Å². The molecule has 0 unspecified atom stereocenters. The molecule has 0 bridgehead atoms. The van der Waals surface area contributed by atoms with E-state index < -0.39 is 0 Å². The Labute approximate surface area is 89.4 Å². The van der Waals surface area contributed by atoms with Crippen molar-refractivity contribution < 1.29 is 9.53 Å². The number of nitrogens with two attached hydrogens (primary N) is 1. The second-order valence-corrected chi connectivity index (χ2v) is 3.02. The van der Waals surface area contributed by atoms with Crippen LogP contribution in [-0.2, 0) is 4.74 Å². The summed E-state index contributed by atoms with van der Waals surface area (Å²) in [6.07, 6.45) is 0. The average molecular weight is 208 g/mol. The largest absolute Gasteiger partial charge is 0.462 e. The van der Waals surface area contributed by atoms with Gasteiger partial charge in [0.15, 0.2) is 0 Å². The van der Waals surface area contributed by atoms with E-state index >= 15 is 0 Å². The lowest BCUT2D eigenvalue weighted by Crippen LogP contribution is -2.10. The molecule has 4 heteroatoms. The molecule has 0 aromatic heterocycles. The minimum absolute atomic E-state index is 0.351. The van der Waals surface area contributed by atoms with E-state index in [2.05, 4.69) is 5.32 Å². The number of nitrogen functional groups attached to an aromatic ring is 1. The van der Waals surface area contributed by atoms with Crippen LogP contribution in [0, 0.1) is 0 Å². The first kappa shape index (κ1) is 11.4.